The Labute approximate surface area is 116 Å². The summed E-state index contributed by atoms with van der Waals surface area (Å²) in [6.45, 7) is 2.48. The predicted molar refractivity (Wildman–Crippen MR) is 77.6 cm³/mol. The molecule has 0 bridgehead atoms. The van der Waals surface area contributed by atoms with Crippen molar-refractivity contribution in [2.45, 2.75) is 18.9 Å². The van der Waals surface area contributed by atoms with Gasteiger partial charge in [-0.2, -0.15) is 0 Å². The molecule has 1 aromatic heterocycles. The lowest BCUT2D eigenvalue weighted by Crippen LogP contribution is -2.28. The molecule has 3 nitrogen and oxygen atoms in total. The Morgan fingerprint density at radius 3 is 2.58 bits per heavy atom. The second kappa shape index (κ2) is 6.50. The maximum Gasteiger partial charge on any atom is 0.312 e. The van der Waals surface area contributed by atoms with Crippen molar-refractivity contribution < 1.29 is 9.90 Å². The van der Waals surface area contributed by atoms with Crippen LogP contribution in [0.15, 0.2) is 47.8 Å². The minimum atomic E-state index is -0.794. The minimum absolute atomic E-state index is 0.172. The van der Waals surface area contributed by atoms with Crippen molar-refractivity contribution in [1.82, 2.24) is 5.32 Å². The lowest BCUT2D eigenvalue weighted by Gasteiger charge is -2.17. The molecule has 4 heteroatoms. The van der Waals surface area contributed by atoms with E-state index in [0.717, 1.165) is 5.56 Å². The van der Waals surface area contributed by atoms with Gasteiger partial charge < -0.3 is 10.4 Å². The quantitative estimate of drug-likeness (QED) is 0.850. The van der Waals surface area contributed by atoms with Gasteiger partial charge in [-0.1, -0.05) is 36.4 Å². The van der Waals surface area contributed by atoms with Gasteiger partial charge in [0.05, 0.1) is 5.92 Å². The molecule has 0 saturated carbocycles. The van der Waals surface area contributed by atoms with Gasteiger partial charge in [0.15, 0.2) is 0 Å². The Morgan fingerprint density at radius 1 is 1.26 bits per heavy atom. The predicted octanol–water partition coefficient (Wildman–Crippen LogP) is 3.27. The molecule has 2 rings (SSSR count). The summed E-state index contributed by atoms with van der Waals surface area (Å²) < 4.78 is 0. The van der Waals surface area contributed by atoms with Crippen LogP contribution in [0.25, 0.3) is 0 Å². The van der Waals surface area contributed by atoms with Crippen LogP contribution >= 0.6 is 11.3 Å². The van der Waals surface area contributed by atoms with Crippen molar-refractivity contribution in [3.05, 3.63) is 58.3 Å². The maximum absolute atomic E-state index is 11.4. The number of benzene rings is 1. The van der Waals surface area contributed by atoms with E-state index >= 15 is 0 Å². The summed E-state index contributed by atoms with van der Waals surface area (Å²) in [5.41, 5.74) is 0.834. The highest BCUT2D eigenvalue weighted by Gasteiger charge is 2.20. The zero-order chi connectivity index (χ0) is 13.7. The van der Waals surface area contributed by atoms with E-state index in [-0.39, 0.29) is 6.04 Å². The van der Waals surface area contributed by atoms with Crippen LogP contribution in [0, 0.1) is 0 Å². The molecule has 2 N–H and O–H groups in total. The number of hydrogen-bond acceptors (Lipinski definition) is 3. The molecule has 2 aromatic rings. The van der Waals surface area contributed by atoms with Gasteiger partial charge in [-0.05, 0) is 23.9 Å². The van der Waals surface area contributed by atoms with Crippen LogP contribution in [0.2, 0.25) is 0 Å². The molecule has 0 saturated heterocycles. The molecule has 0 aliphatic carbocycles. The van der Waals surface area contributed by atoms with Crippen LogP contribution in [0.3, 0.4) is 0 Å². The summed E-state index contributed by atoms with van der Waals surface area (Å²) in [6, 6.07) is 13.6. The number of rotatable bonds is 6. The zero-order valence-corrected chi connectivity index (χ0v) is 11.6. The first-order valence-electron chi connectivity index (χ1n) is 6.23. The van der Waals surface area contributed by atoms with E-state index in [9.17, 15) is 9.90 Å². The second-order valence-electron chi connectivity index (χ2n) is 4.45. The maximum atomic E-state index is 11.4. The Balaban J connectivity index is 2.01. The van der Waals surface area contributed by atoms with Crippen LogP contribution in [0.1, 0.15) is 29.3 Å². The van der Waals surface area contributed by atoms with Gasteiger partial charge in [-0.15, -0.1) is 11.3 Å². The average Bonchev–Trinajstić information content (AvgIpc) is 2.93. The van der Waals surface area contributed by atoms with Gasteiger partial charge in [0.2, 0.25) is 0 Å². The van der Waals surface area contributed by atoms with Crippen LogP contribution in [-0.2, 0) is 4.79 Å². The van der Waals surface area contributed by atoms with Crippen molar-refractivity contribution in [3.63, 3.8) is 0 Å². The van der Waals surface area contributed by atoms with Crippen molar-refractivity contribution in [2.75, 3.05) is 6.54 Å². The summed E-state index contributed by atoms with van der Waals surface area (Å²) in [6.07, 6.45) is 0. The number of carboxylic acids is 1. The Morgan fingerprint density at radius 2 is 2.00 bits per heavy atom. The third-order valence-electron chi connectivity index (χ3n) is 3.10. The molecular weight excluding hydrogens is 258 g/mol. The van der Waals surface area contributed by atoms with Gasteiger partial charge in [0, 0.05) is 17.5 Å². The highest BCUT2D eigenvalue weighted by molar-refractivity contribution is 7.10. The standard InChI is InChI=1S/C15H17NO2S/c1-11(14-8-5-9-19-14)16-10-13(15(17)18)12-6-3-2-4-7-12/h2-9,11,13,16H,10H2,1H3,(H,17,18). The highest BCUT2D eigenvalue weighted by Crippen LogP contribution is 2.20. The van der Waals surface area contributed by atoms with E-state index in [2.05, 4.69) is 18.3 Å². The molecule has 0 aliphatic heterocycles. The number of hydrogen-bond donors (Lipinski definition) is 2. The van der Waals surface area contributed by atoms with Crippen LogP contribution in [0.4, 0.5) is 0 Å². The minimum Gasteiger partial charge on any atom is -0.481 e. The van der Waals surface area contributed by atoms with Crippen molar-refractivity contribution >= 4 is 17.3 Å². The molecular formula is C15H17NO2S. The highest BCUT2D eigenvalue weighted by atomic mass is 32.1. The molecule has 0 fully saturated rings. The summed E-state index contributed by atoms with van der Waals surface area (Å²) in [5.74, 6) is -1.30. The smallest absolute Gasteiger partial charge is 0.312 e. The van der Waals surface area contributed by atoms with E-state index in [1.54, 1.807) is 11.3 Å². The molecule has 2 atom stereocenters. The SMILES string of the molecule is CC(NCC(C(=O)O)c1ccccc1)c1cccs1. The number of nitrogens with one attached hydrogen (secondary N) is 1. The normalized spacial score (nSPS) is 13.9. The topological polar surface area (TPSA) is 49.3 Å². The molecule has 1 heterocycles. The summed E-state index contributed by atoms with van der Waals surface area (Å²) in [7, 11) is 0. The molecule has 100 valence electrons. The van der Waals surface area contributed by atoms with Crippen LogP contribution in [-0.4, -0.2) is 17.6 Å². The largest absolute Gasteiger partial charge is 0.481 e. The summed E-state index contributed by atoms with van der Waals surface area (Å²) in [4.78, 5) is 12.6. The Kier molecular flexibility index (Phi) is 4.71. The first kappa shape index (κ1) is 13.8. The Hall–Kier alpha value is -1.65. The fourth-order valence-electron chi connectivity index (χ4n) is 1.97. The van der Waals surface area contributed by atoms with Crippen LogP contribution in [0.5, 0.6) is 0 Å². The van der Waals surface area contributed by atoms with Gasteiger partial charge in [-0.25, -0.2) is 0 Å². The lowest BCUT2D eigenvalue weighted by molar-refractivity contribution is -0.138. The van der Waals surface area contributed by atoms with E-state index in [0.29, 0.717) is 6.54 Å². The number of thiophene rings is 1. The average molecular weight is 275 g/mol. The number of carbonyl (C=O) groups is 1. The van der Waals surface area contributed by atoms with Gasteiger partial charge in [0.1, 0.15) is 0 Å². The van der Waals surface area contributed by atoms with Gasteiger partial charge >= 0.3 is 5.97 Å². The Bertz CT molecular complexity index is 510. The van der Waals surface area contributed by atoms with Crippen molar-refractivity contribution in [3.8, 4) is 0 Å². The third kappa shape index (κ3) is 3.66. The molecule has 1 aromatic carbocycles. The third-order valence-corrected chi connectivity index (χ3v) is 4.15. The molecule has 0 spiro atoms. The van der Waals surface area contributed by atoms with Gasteiger partial charge in [0.25, 0.3) is 0 Å². The molecule has 19 heavy (non-hydrogen) atoms. The zero-order valence-electron chi connectivity index (χ0n) is 10.7. The van der Waals surface area contributed by atoms with Crippen molar-refractivity contribution in [1.29, 1.82) is 0 Å². The first-order valence-corrected chi connectivity index (χ1v) is 7.11. The van der Waals surface area contributed by atoms with Crippen LogP contribution < -0.4 is 5.32 Å². The molecule has 0 radical (unpaired) electrons. The van der Waals surface area contributed by atoms with Crippen molar-refractivity contribution in [2.24, 2.45) is 0 Å². The first-order chi connectivity index (χ1) is 9.18. The number of aliphatic carboxylic acids is 1. The fourth-order valence-corrected chi connectivity index (χ4v) is 2.72. The molecule has 0 aliphatic rings. The van der Waals surface area contributed by atoms with E-state index in [4.69, 9.17) is 0 Å². The molecule has 2 unspecified atom stereocenters. The van der Waals surface area contributed by atoms with E-state index in [1.807, 2.05) is 41.8 Å². The monoisotopic (exact) mass is 275 g/mol. The number of carboxylic acid groups (broad SMARTS) is 1. The molecule has 0 amide bonds. The fraction of sp³-hybridized carbons (Fsp3) is 0.267. The summed E-state index contributed by atoms with van der Waals surface area (Å²) in [5, 5.41) is 14.7. The van der Waals surface area contributed by atoms with E-state index < -0.39 is 11.9 Å². The van der Waals surface area contributed by atoms with E-state index in [1.165, 1.54) is 4.88 Å². The summed E-state index contributed by atoms with van der Waals surface area (Å²) >= 11 is 1.68. The second-order valence-corrected chi connectivity index (χ2v) is 5.43. The van der Waals surface area contributed by atoms with Gasteiger partial charge in [-0.3, -0.25) is 4.79 Å². The lowest BCUT2D eigenvalue weighted by atomic mass is 9.99.